The monoisotopic (exact) mass is 1000 g/mol. The largest absolute Gasteiger partial charge is 0.462 e. The van der Waals surface area contributed by atoms with Gasteiger partial charge in [0.15, 0.2) is 6.10 Å². The van der Waals surface area contributed by atoms with Gasteiger partial charge in [-0.05, 0) is 103 Å². The van der Waals surface area contributed by atoms with Crippen LogP contribution in [0.3, 0.4) is 0 Å². The maximum absolute atomic E-state index is 12.9. The molecule has 412 valence electrons. The van der Waals surface area contributed by atoms with Crippen LogP contribution >= 0.6 is 0 Å². The van der Waals surface area contributed by atoms with Crippen molar-refractivity contribution >= 4 is 17.9 Å². The van der Waals surface area contributed by atoms with E-state index in [9.17, 15) is 14.4 Å². The fraction of sp³-hybridized carbons (Fsp3) is 0.712. The second-order valence-corrected chi connectivity index (χ2v) is 19.9. The highest BCUT2D eigenvalue weighted by molar-refractivity contribution is 5.71. The highest BCUT2D eigenvalue weighted by atomic mass is 16.6. The van der Waals surface area contributed by atoms with Gasteiger partial charge in [0.05, 0.1) is 0 Å². The van der Waals surface area contributed by atoms with E-state index in [0.29, 0.717) is 19.3 Å². The molecule has 0 amide bonds. The summed E-state index contributed by atoms with van der Waals surface area (Å²) >= 11 is 0. The van der Waals surface area contributed by atoms with Gasteiger partial charge < -0.3 is 14.2 Å². The van der Waals surface area contributed by atoms with E-state index < -0.39 is 6.10 Å². The zero-order chi connectivity index (χ0) is 52.2. The molecular weight excluding hydrogens is 889 g/mol. The molecular formula is C66H112O6. The molecule has 0 aromatic carbocycles. The minimum Gasteiger partial charge on any atom is -0.462 e. The number of carbonyl (C=O) groups is 3. The van der Waals surface area contributed by atoms with Gasteiger partial charge in [-0.25, -0.2) is 0 Å². The molecule has 0 aliphatic carbocycles. The maximum Gasteiger partial charge on any atom is 0.306 e. The lowest BCUT2D eigenvalue weighted by Gasteiger charge is -2.18. The van der Waals surface area contributed by atoms with Gasteiger partial charge in [0.25, 0.3) is 0 Å². The van der Waals surface area contributed by atoms with Crippen LogP contribution in [-0.4, -0.2) is 37.2 Å². The van der Waals surface area contributed by atoms with E-state index in [1.54, 1.807) is 0 Å². The zero-order valence-electron chi connectivity index (χ0n) is 47.2. The van der Waals surface area contributed by atoms with Gasteiger partial charge in [0.2, 0.25) is 0 Å². The smallest absolute Gasteiger partial charge is 0.306 e. The molecule has 0 heterocycles. The topological polar surface area (TPSA) is 78.9 Å². The van der Waals surface area contributed by atoms with Crippen molar-refractivity contribution in [2.75, 3.05) is 13.2 Å². The van der Waals surface area contributed by atoms with Crippen LogP contribution in [0, 0.1) is 0 Å². The summed E-state index contributed by atoms with van der Waals surface area (Å²) in [6.07, 6.45) is 79.7. The number of allylic oxidation sites excluding steroid dienone is 16. The van der Waals surface area contributed by atoms with Crippen molar-refractivity contribution in [3.05, 3.63) is 97.2 Å². The van der Waals surface area contributed by atoms with E-state index >= 15 is 0 Å². The molecule has 0 N–H and O–H groups in total. The van der Waals surface area contributed by atoms with E-state index in [1.807, 2.05) is 0 Å². The zero-order valence-corrected chi connectivity index (χ0v) is 47.2. The van der Waals surface area contributed by atoms with Crippen molar-refractivity contribution in [1.82, 2.24) is 0 Å². The first kappa shape index (κ1) is 68.3. The SMILES string of the molecule is CC/C=C\C/C=C\C/C=C\C/C=C\C/C=C\C/C=C\CCCCCCCCCCC(=O)OCC(COC(=O)CCCCCCCCCCCCC)OC(=O)CCCCCCC/C=C\C/C=C\CCCCCC. The van der Waals surface area contributed by atoms with Gasteiger partial charge >= 0.3 is 17.9 Å². The molecule has 1 atom stereocenters. The molecule has 0 bridgehead atoms. The number of unbranched alkanes of at least 4 members (excludes halogenated alkanes) is 27. The quantitative estimate of drug-likeness (QED) is 0.0261. The normalized spacial score (nSPS) is 12.8. The number of esters is 3. The molecule has 0 fully saturated rings. The van der Waals surface area contributed by atoms with Gasteiger partial charge in [-0.1, -0.05) is 259 Å². The summed E-state index contributed by atoms with van der Waals surface area (Å²) in [5, 5.41) is 0. The Morgan fingerprint density at radius 2 is 0.542 bits per heavy atom. The third-order valence-electron chi connectivity index (χ3n) is 12.8. The average molecular weight is 1000 g/mol. The lowest BCUT2D eigenvalue weighted by molar-refractivity contribution is -0.167. The molecule has 0 spiro atoms. The van der Waals surface area contributed by atoms with Gasteiger partial charge in [-0.3, -0.25) is 14.4 Å². The van der Waals surface area contributed by atoms with Crippen LogP contribution < -0.4 is 0 Å². The van der Waals surface area contributed by atoms with Crippen molar-refractivity contribution in [3.8, 4) is 0 Å². The summed E-state index contributed by atoms with van der Waals surface area (Å²) in [4.78, 5) is 38.2. The van der Waals surface area contributed by atoms with Crippen LogP contribution in [0.15, 0.2) is 97.2 Å². The molecule has 0 saturated carbocycles. The first-order valence-electron chi connectivity index (χ1n) is 30.2. The number of hydrogen-bond acceptors (Lipinski definition) is 6. The summed E-state index contributed by atoms with van der Waals surface area (Å²) in [6, 6.07) is 0. The molecule has 1 unspecified atom stereocenters. The minimum absolute atomic E-state index is 0.0838. The molecule has 0 aliphatic rings. The second-order valence-electron chi connectivity index (χ2n) is 19.9. The Labute approximate surface area is 445 Å². The predicted octanol–water partition coefficient (Wildman–Crippen LogP) is 20.5. The summed E-state index contributed by atoms with van der Waals surface area (Å²) in [7, 11) is 0. The Bertz CT molecular complexity index is 1430. The molecule has 6 nitrogen and oxygen atoms in total. The van der Waals surface area contributed by atoms with Crippen LogP contribution in [0.4, 0.5) is 0 Å². The summed E-state index contributed by atoms with van der Waals surface area (Å²) in [5.41, 5.74) is 0. The standard InChI is InChI=1S/C66H112O6/c1-4-7-10-13-16-19-22-24-26-28-29-30-31-32-33-34-35-36-37-38-40-41-44-47-50-53-56-59-65(68)71-62-63(61-70-64(67)58-55-52-49-46-43-21-18-15-12-9-6-3)72-66(69)60-57-54-51-48-45-42-39-27-25-23-20-17-14-11-8-5-2/h7,10,16,19-20,23-24,26-27,29-30,32-33,35-36,39,63H,4-6,8-9,11-15,17-18,21-22,25,28,31,34,37-38,40-62H2,1-3H3/b10-7-,19-16-,23-20-,26-24-,30-29-,33-32-,36-35-,39-27-. The predicted molar refractivity (Wildman–Crippen MR) is 311 cm³/mol. The fourth-order valence-corrected chi connectivity index (χ4v) is 8.30. The number of rotatable bonds is 54. The van der Waals surface area contributed by atoms with Gasteiger partial charge in [0, 0.05) is 19.3 Å². The molecule has 72 heavy (non-hydrogen) atoms. The van der Waals surface area contributed by atoms with Crippen LogP contribution in [0.25, 0.3) is 0 Å². The minimum atomic E-state index is -0.787. The van der Waals surface area contributed by atoms with Crippen LogP contribution in [0.5, 0.6) is 0 Å². The highest BCUT2D eigenvalue weighted by Crippen LogP contribution is 2.15. The van der Waals surface area contributed by atoms with Gasteiger partial charge in [0.1, 0.15) is 13.2 Å². The molecule has 0 aromatic rings. The molecule has 0 radical (unpaired) electrons. The Hall–Kier alpha value is -3.67. The Morgan fingerprint density at radius 1 is 0.292 bits per heavy atom. The van der Waals surface area contributed by atoms with Crippen LogP contribution in [-0.2, 0) is 28.6 Å². The van der Waals surface area contributed by atoms with Gasteiger partial charge in [-0.15, -0.1) is 0 Å². The number of hydrogen-bond donors (Lipinski definition) is 0. The average Bonchev–Trinajstić information content (AvgIpc) is 3.38. The fourth-order valence-electron chi connectivity index (χ4n) is 8.30. The maximum atomic E-state index is 12.9. The Kier molecular flexibility index (Phi) is 56.8. The third-order valence-corrected chi connectivity index (χ3v) is 12.8. The molecule has 6 heteroatoms. The van der Waals surface area contributed by atoms with Gasteiger partial charge in [-0.2, -0.15) is 0 Å². The van der Waals surface area contributed by atoms with Crippen molar-refractivity contribution < 1.29 is 28.6 Å². The lowest BCUT2D eigenvalue weighted by Crippen LogP contribution is -2.30. The summed E-state index contributed by atoms with van der Waals surface area (Å²) < 4.78 is 16.9. The van der Waals surface area contributed by atoms with E-state index in [-0.39, 0.29) is 31.1 Å². The first-order valence-corrected chi connectivity index (χ1v) is 30.2. The van der Waals surface area contributed by atoms with Crippen molar-refractivity contribution in [2.24, 2.45) is 0 Å². The van der Waals surface area contributed by atoms with E-state index in [1.165, 1.54) is 116 Å². The van der Waals surface area contributed by atoms with Crippen molar-refractivity contribution in [3.63, 3.8) is 0 Å². The van der Waals surface area contributed by atoms with E-state index in [0.717, 1.165) is 128 Å². The summed E-state index contributed by atoms with van der Waals surface area (Å²) in [6.45, 7) is 6.50. The van der Waals surface area contributed by atoms with Crippen LogP contribution in [0.2, 0.25) is 0 Å². The molecule has 0 aliphatic heterocycles. The van der Waals surface area contributed by atoms with E-state index in [4.69, 9.17) is 14.2 Å². The highest BCUT2D eigenvalue weighted by Gasteiger charge is 2.19. The number of carbonyl (C=O) groups excluding carboxylic acids is 3. The van der Waals surface area contributed by atoms with Crippen LogP contribution in [0.1, 0.15) is 284 Å². The van der Waals surface area contributed by atoms with E-state index in [2.05, 4.69) is 118 Å². The van der Waals surface area contributed by atoms with Crippen molar-refractivity contribution in [2.45, 2.75) is 290 Å². The number of ether oxygens (including phenoxy) is 3. The third kappa shape index (κ3) is 57.2. The lowest BCUT2D eigenvalue weighted by atomic mass is 10.1. The summed E-state index contributed by atoms with van der Waals surface area (Å²) in [5.74, 6) is -0.901. The Morgan fingerprint density at radius 3 is 0.861 bits per heavy atom. The molecule has 0 saturated heterocycles. The van der Waals surface area contributed by atoms with Crippen molar-refractivity contribution in [1.29, 1.82) is 0 Å². The first-order chi connectivity index (χ1) is 35.5. The second kappa shape index (κ2) is 59.9. The molecule has 0 aromatic heterocycles. The molecule has 0 rings (SSSR count). The Balaban J connectivity index is 4.31.